The molecule has 0 atom stereocenters. The Balaban J connectivity index is 2.00. The van der Waals surface area contributed by atoms with Gasteiger partial charge < -0.3 is 10.1 Å². The van der Waals surface area contributed by atoms with Crippen LogP contribution in [-0.4, -0.2) is 16.7 Å². The molecule has 0 unspecified atom stereocenters. The van der Waals surface area contributed by atoms with Gasteiger partial charge in [-0.3, -0.25) is 0 Å². The third-order valence-corrected chi connectivity index (χ3v) is 4.79. The van der Waals surface area contributed by atoms with Crippen LogP contribution < -0.4 is 10.1 Å². The van der Waals surface area contributed by atoms with Crippen LogP contribution in [0, 0.1) is 0 Å². The largest absolute Gasteiger partial charge is 0.484 e. The first-order chi connectivity index (χ1) is 9.60. The zero-order valence-corrected chi connectivity index (χ0v) is 16.2. The number of aromatic nitrogens is 2. The van der Waals surface area contributed by atoms with E-state index >= 15 is 0 Å². The van der Waals surface area contributed by atoms with Gasteiger partial charge in [0, 0.05) is 11.0 Å². The Morgan fingerprint density at radius 1 is 1.20 bits per heavy atom. The molecule has 1 heterocycles. The molecule has 0 aliphatic carbocycles. The van der Waals surface area contributed by atoms with Crippen molar-refractivity contribution in [2.24, 2.45) is 0 Å². The van der Waals surface area contributed by atoms with Gasteiger partial charge in [-0.15, -0.1) is 10.2 Å². The van der Waals surface area contributed by atoms with E-state index in [-0.39, 0.29) is 0 Å². The topological polar surface area (TPSA) is 47.0 Å². The van der Waals surface area contributed by atoms with Crippen LogP contribution in [0.2, 0.25) is 0 Å². The first-order valence-electron chi connectivity index (χ1n) is 5.93. The lowest BCUT2D eigenvalue weighted by atomic mass is 10.3. The smallest absolute Gasteiger partial charge is 0.205 e. The number of nitrogens with zero attached hydrogens (tertiary/aromatic N) is 2. The number of hydrogen-bond donors (Lipinski definition) is 1. The first kappa shape index (κ1) is 16.2. The summed E-state index contributed by atoms with van der Waals surface area (Å²) in [5, 5.41) is 13.1. The van der Waals surface area contributed by atoms with Gasteiger partial charge >= 0.3 is 0 Å². The van der Waals surface area contributed by atoms with Gasteiger partial charge in [0.25, 0.3) is 0 Å². The SMILES string of the molecule is CCCNc1nnc(COc2c(Br)cc(Br)cc2Br)s1. The minimum atomic E-state index is 0.393. The van der Waals surface area contributed by atoms with Gasteiger partial charge in [-0.05, 0) is 50.4 Å². The lowest BCUT2D eigenvalue weighted by molar-refractivity contribution is 0.300. The second-order valence-corrected chi connectivity index (χ2v) is 7.60. The zero-order valence-electron chi connectivity index (χ0n) is 10.6. The fourth-order valence-electron chi connectivity index (χ4n) is 1.42. The highest BCUT2D eigenvalue weighted by Crippen LogP contribution is 2.37. The second kappa shape index (κ2) is 7.72. The summed E-state index contributed by atoms with van der Waals surface area (Å²) in [6.07, 6.45) is 1.06. The summed E-state index contributed by atoms with van der Waals surface area (Å²) in [5.74, 6) is 0.756. The first-order valence-corrected chi connectivity index (χ1v) is 9.13. The minimum Gasteiger partial charge on any atom is -0.484 e. The Labute approximate surface area is 146 Å². The average molecular weight is 486 g/mol. The Bertz CT molecular complexity index is 568. The number of anilines is 1. The molecule has 0 aliphatic heterocycles. The molecule has 20 heavy (non-hydrogen) atoms. The Morgan fingerprint density at radius 2 is 1.90 bits per heavy atom. The van der Waals surface area contributed by atoms with Gasteiger partial charge in [-0.2, -0.15) is 0 Å². The van der Waals surface area contributed by atoms with E-state index < -0.39 is 0 Å². The van der Waals surface area contributed by atoms with Crippen LogP contribution >= 0.6 is 59.1 Å². The van der Waals surface area contributed by atoms with Gasteiger partial charge in [0.2, 0.25) is 5.13 Å². The molecule has 0 bridgehead atoms. The standard InChI is InChI=1S/C12H12Br3N3OS/c1-2-3-16-12-18-17-10(20-12)6-19-11-8(14)4-7(13)5-9(11)15/h4-5H,2-3,6H2,1H3,(H,16,18). The quantitative estimate of drug-likeness (QED) is 0.609. The molecule has 0 radical (unpaired) electrons. The third kappa shape index (κ3) is 4.41. The molecule has 0 fully saturated rings. The van der Waals surface area contributed by atoms with Gasteiger partial charge in [0.15, 0.2) is 5.01 Å². The van der Waals surface area contributed by atoms with Crippen LogP contribution in [0.1, 0.15) is 18.4 Å². The van der Waals surface area contributed by atoms with E-state index in [1.165, 1.54) is 11.3 Å². The van der Waals surface area contributed by atoms with Crippen LogP contribution in [0.15, 0.2) is 25.6 Å². The van der Waals surface area contributed by atoms with E-state index in [4.69, 9.17) is 4.74 Å². The van der Waals surface area contributed by atoms with Crippen molar-refractivity contribution in [3.05, 3.63) is 30.6 Å². The van der Waals surface area contributed by atoms with Crippen molar-refractivity contribution in [3.8, 4) is 5.75 Å². The van der Waals surface area contributed by atoms with E-state index in [1.54, 1.807) is 0 Å². The van der Waals surface area contributed by atoms with Crippen molar-refractivity contribution in [3.63, 3.8) is 0 Å². The van der Waals surface area contributed by atoms with Crippen molar-refractivity contribution < 1.29 is 4.74 Å². The van der Waals surface area contributed by atoms with Crippen LogP contribution in [0.5, 0.6) is 5.75 Å². The molecule has 2 rings (SSSR count). The molecule has 108 valence electrons. The summed E-state index contributed by atoms with van der Waals surface area (Å²) in [6, 6.07) is 3.88. The summed E-state index contributed by atoms with van der Waals surface area (Å²) in [7, 11) is 0. The molecule has 0 amide bonds. The molecule has 0 spiro atoms. The lowest BCUT2D eigenvalue weighted by Gasteiger charge is -2.09. The predicted octanol–water partition coefficient (Wildman–Crippen LogP) is 5.23. The maximum absolute atomic E-state index is 5.79. The molecular weight excluding hydrogens is 474 g/mol. The minimum absolute atomic E-state index is 0.393. The summed E-state index contributed by atoms with van der Waals surface area (Å²) in [4.78, 5) is 0. The van der Waals surface area contributed by atoms with Crippen LogP contribution in [0.4, 0.5) is 5.13 Å². The van der Waals surface area contributed by atoms with Gasteiger partial charge in [0.1, 0.15) is 12.4 Å². The highest BCUT2D eigenvalue weighted by atomic mass is 79.9. The number of nitrogens with one attached hydrogen (secondary N) is 1. The van der Waals surface area contributed by atoms with Crippen molar-refractivity contribution in [1.29, 1.82) is 0 Å². The molecule has 1 aromatic carbocycles. The highest BCUT2D eigenvalue weighted by Gasteiger charge is 2.10. The lowest BCUT2D eigenvalue weighted by Crippen LogP contribution is -1.98. The fourth-order valence-corrected chi connectivity index (χ4v) is 4.58. The Hall–Kier alpha value is -0.180. The molecular formula is C12H12Br3N3OS. The fraction of sp³-hybridized carbons (Fsp3) is 0.333. The van der Waals surface area contributed by atoms with Crippen LogP contribution in [0.25, 0.3) is 0 Å². The highest BCUT2D eigenvalue weighted by molar-refractivity contribution is 9.11. The zero-order chi connectivity index (χ0) is 14.5. The molecule has 1 N–H and O–H groups in total. The summed E-state index contributed by atoms with van der Waals surface area (Å²) >= 11 is 11.9. The van der Waals surface area contributed by atoms with Crippen molar-refractivity contribution in [1.82, 2.24) is 10.2 Å². The molecule has 0 aliphatic rings. The van der Waals surface area contributed by atoms with Gasteiger partial charge in [0.05, 0.1) is 8.95 Å². The molecule has 2 aromatic rings. The number of hydrogen-bond acceptors (Lipinski definition) is 5. The van der Waals surface area contributed by atoms with Crippen molar-refractivity contribution >= 4 is 64.3 Å². The van der Waals surface area contributed by atoms with E-state index in [0.717, 1.165) is 42.3 Å². The predicted molar refractivity (Wildman–Crippen MR) is 92.6 cm³/mol. The number of rotatable bonds is 6. The Morgan fingerprint density at radius 3 is 2.55 bits per heavy atom. The monoisotopic (exact) mass is 483 g/mol. The van der Waals surface area contributed by atoms with Gasteiger partial charge in [-0.1, -0.05) is 34.2 Å². The maximum atomic E-state index is 5.79. The number of benzene rings is 1. The summed E-state index contributed by atoms with van der Waals surface area (Å²) in [6.45, 7) is 3.41. The van der Waals surface area contributed by atoms with Crippen molar-refractivity contribution in [2.75, 3.05) is 11.9 Å². The molecule has 0 saturated heterocycles. The van der Waals surface area contributed by atoms with E-state index in [0.29, 0.717) is 6.61 Å². The average Bonchev–Trinajstić information content (AvgIpc) is 2.83. The normalized spacial score (nSPS) is 10.6. The molecule has 1 aromatic heterocycles. The summed E-state index contributed by atoms with van der Waals surface area (Å²) < 4.78 is 8.53. The maximum Gasteiger partial charge on any atom is 0.205 e. The van der Waals surface area contributed by atoms with E-state index in [2.05, 4.69) is 70.2 Å². The Kier molecular flexibility index (Phi) is 6.25. The third-order valence-electron chi connectivity index (χ3n) is 2.30. The van der Waals surface area contributed by atoms with E-state index in [1.807, 2.05) is 12.1 Å². The molecule has 8 heteroatoms. The molecule has 4 nitrogen and oxygen atoms in total. The van der Waals surface area contributed by atoms with Crippen LogP contribution in [0.3, 0.4) is 0 Å². The van der Waals surface area contributed by atoms with Gasteiger partial charge in [-0.25, -0.2) is 0 Å². The second-order valence-electron chi connectivity index (χ2n) is 3.91. The number of ether oxygens (including phenoxy) is 1. The van der Waals surface area contributed by atoms with Crippen molar-refractivity contribution in [2.45, 2.75) is 20.0 Å². The van der Waals surface area contributed by atoms with Crippen LogP contribution in [-0.2, 0) is 6.61 Å². The summed E-state index contributed by atoms with van der Waals surface area (Å²) in [5.41, 5.74) is 0. The van der Waals surface area contributed by atoms with E-state index in [9.17, 15) is 0 Å². The molecule has 0 saturated carbocycles. The number of halogens is 3.